The topological polar surface area (TPSA) is 40.9 Å². The molecule has 2 aromatic rings. The van der Waals surface area contributed by atoms with Gasteiger partial charge in [0.05, 0.1) is 15.3 Å². The van der Waals surface area contributed by atoms with Crippen LogP contribution < -0.4 is 0 Å². The van der Waals surface area contributed by atoms with E-state index in [0.717, 1.165) is 23.5 Å². The summed E-state index contributed by atoms with van der Waals surface area (Å²) in [6, 6.07) is 7.41. The standard InChI is InChI=1S/C13H6ClF2NOS/c14-12-2-1-11(19-12)13(18)10(6-17)7-3-8(15)5-9(16)4-7/h1-5,10H. The second-order valence-electron chi connectivity index (χ2n) is 3.73. The van der Waals surface area contributed by atoms with E-state index < -0.39 is 23.3 Å². The van der Waals surface area contributed by atoms with Gasteiger partial charge in [0, 0.05) is 6.07 Å². The van der Waals surface area contributed by atoms with Gasteiger partial charge in [-0.25, -0.2) is 8.78 Å². The van der Waals surface area contributed by atoms with E-state index in [1.54, 1.807) is 6.07 Å². The SMILES string of the molecule is N#CC(C(=O)c1ccc(Cl)s1)c1cc(F)cc(F)c1. The Morgan fingerprint density at radius 1 is 1.26 bits per heavy atom. The summed E-state index contributed by atoms with van der Waals surface area (Å²) in [5, 5.41) is 9.06. The van der Waals surface area contributed by atoms with E-state index in [9.17, 15) is 13.6 Å². The molecule has 0 amide bonds. The number of hydrogen-bond acceptors (Lipinski definition) is 3. The Morgan fingerprint density at radius 2 is 1.89 bits per heavy atom. The molecule has 1 atom stereocenters. The summed E-state index contributed by atoms with van der Waals surface area (Å²) in [5.74, 6) is -3.43. The van der Waals surface area contributed by atoms with Gasteiger partial charge in [-0.05, 0) is 29.8 Å². The zero-order chi connectivity index (χ0) is 14.0. The number of rotatable bonds is 3. The molecular weight excluding hydrogens is 292 g/mol. The quantitative estimate of drug-likeness (QED) is 0.798. The molecule has 19 heavy (non-hydrogen) atoms. The second kappa shape index (κ2) is 5.47. The first-order valence-electron chi connectivity index (χ1n) is 5.16. The van der Waals surface area contributed by atoms with Crippen LogP contribution in [0.2, 0.25) is 4.34 Å². The summed E-state index contributed by atoms with van der Waals surface area (Å²) in [6.07, 6.45) is 0. The Hall–Kier alpha value is -1.77. The van der Waals surface area contributed by atoms with Gasteiger partial charge in [0.25, 0.3) is 0 Å². The molecule has 1 aromatic heterocycles. The van der Waals surface area contributed by atoms with Crippen LogP contribution in [-0.2, 0) is 0 Å². The lowest BCUT2D eigenvalue weighted by atomic mass is 9.95. The fraction of sp³-hybridized carbons (Fsp3) is 0.0769. The van der Waals surface area contributed by atoms with Crippen molar-refractivity contribution in [1.29, 1.82) is 5.26 Å². The molecule has 0 aliphatic carbocycles. The second-order valence-corrected chi connectivity index (χ2v) is 5.45. The molecule has 0 aliphatic rings. The van der Waals surface area contributed by atoms with Crippen molar-refractivity contribution in [2.45, 2.75) is 5.92 Å². The van der Waals surface area contributed by atoms with Gasteiger partial charge in [-0.15, -0.1) is 11.3 Å². The summed E-state index contributed by atoms with van der Waals surface area (Å²) in [4.78, 5) is 12.4. The molecule has 0 saturated heterocycles. The van der Waals surface area contributed by atoms with Crippen LogP contribution in [0.5, 0.6) is 0 Å². The predicted octanol–water partition coefficient (Wildman–Crippen LogP) is 4.17. The molecule has 0 N–H and O–H groups in total. The molecule has 0 radical (unpaired) electrons. The van der Waals surface area contributed by atoms with Crippen molar-refractivity contribution < 1.29 is 13.6 Å². The molecule has 2 nitrogen and oxygen atoms in total. The van der Waals surface area contributed by atoms with Crippen molar-refractivity contribution >= 4 is 28.7 Å². The molecule has 6 heteroatoms. The van der Waals surface area contributed by atoms with Crippen LogP contribution in [0.25, 0.3) is 0 Å². The van der Waals surface area contributed by atoms with Gasteiger partial charge in [0.2, 0.25) is 0 Å². The first kappa shape index (κ1) is 13.7. The van der Waals surface area contributed by atoms with Crippen molar-refractivity contribution in [3.63, 3.8) is 0 Å². The number of hydrogen-bond donors (Lipinski definition) is 0. The number of Topliss-reactive ketones (excluding diaryl/α,β-unsaturated/α-hetero) is 1. The lowest BCUT2D eigenvalue weighted by Gasteiger charge is -2.07. The van der Waals surface area contributed by atoms with E-state index in [0.29, 0.717) is 10.4 Å². The summed E-state index contributed by atoms with van der Waals surface area (Å²) in [7, 11) is 0. The van der Waals surface area contributed by atoms with E-state index >= 15 is 0 Å². The Balaban J connectivity index is 2.40. The summed E-state index contributed by atoms with van der Waals surface area (Å²) < 4.78 is 26.6. The third-order valence-electron chi connectivity index (χ3n) is 2.43. The smallest absolute Gasteiger partial charge is 0.194 e. The van der Waals surface area contributed by atoms with Crippen LogP contribution in [0.4, 0.5) is 8.78 Å². The van der Waals surface area contributed by atoms with Crippen LogP contribution in [-0.4, -0.2) is 5.78 Å². The number of ketones is 1. The van der Waals surface area contributed by atoms with E-state index in [-0.39, 0.29) is 10.4 Å². The average molecular weight is 298 g/mol. The monoisotopic (exact) mass is 297 g/mol. The Kier molecular flexibility index (Phi) is 3.93. The van der Waals surface area contributed by atoms with Crippen molar-refractivity contribution in [2.75, 3.05) is 0 Å². The Labute approximate surface area is 116 Å². The zero-order valence-corrected chi connectivity index (χ0v) is 10.9. The summed E-state index contributed by atoms with van der Waals surface area (Å²) in [5.41, 5.74) is -0.00507. The maximum absolute atomic E-state index is 13.1. The summed E-state index contributed by atoms with van der Waals surface area (Å²) >= 11 is 6.73. The molecule has 2 rings (SSSR count). The van der Waals surface area contributed by atoms with E-state index in [2.05, 4.69) is 0 Å². The highest BCUT2D eigenvalue weighted by Gasteiger charge is 2.24. The molecule has 0 bridgehead atoms. The number of benzene rings is 1. The van der Waals surface area contributed by atoms with Crippen LogP contribution in [0.3, 0.4) is 0 Å². The molecule has 96 valence electrons. The minimum Gasteiger partial charge on any atom is -0.291 e. The highest BCUT2D eigenvalue weighted by molar-refractivity contribution is 7.18. The van der Waals surface area contributed by atoms with Crippen molar-refractivity contribution in [3.05, 3.63) is 56.7 Å². The first-order chi connectivity index (χ1) is 9.01. The molecule has 1 aromatic carbocycles. The minimum atomic E-state index is -1.25. The van der Waals surface area contributed by atoms with Gasteiger partial charge in [-0.1, -0.05) is 11.6 Å². The number of carbonyl (C=O) groups is 1. The zero-order valence-electron chi connectivity index (χ0n) is 9.36. The molecule has 1 heterocycles. The number of thiophene rings is 1. The largest absolute Gasteiger partial charge is 0.291 e. The molecule has 0 saturated carbocycles. The maximum Gasteiger partial charge on any atom is 0.194 e. The van der Waals surface area contributed by atoms with Crippen LogP contribution >= 0.6 is 22.9 Å². The molecular formula is C13H6ClF2NOS. The third kappa shape index (κ3) is 2.98. The first-order valence-corrected chi connectivity index (χ1v) is 6.36. The van der Waals surface area contributed by atoms with Crippen LogP contribution in [0.1, 0.15) is 21.2 Å². The lowest BCUT2D eigenvalue weighted by Crippen LogP contribution is -2.10. The van der Waals surface area contributed by atoms with Gasteiger partial charge >= 0.3 is 0 Å². The summed E-state index contributed by atoms with van der Waals surface area (Å²) in [6.45, 7) is 0. The normalized spacial score (nSPS) is 11.9. The highest BCUT2D eigenvalue weighted by Crippen LogP contribution is 2.28. The number of nitrogens with zero attached hydrogens (tertiary/aromatic N) is 1. The lowest BCUT2D eigenvalue weighted by molar-refractivity contribution is 0.0982. The Bertz CT molecular complexity index is 657. The molecule has 0 fully saturated rings. The van der Waals surface area contributed by atoms with Gasteiger partial charge in [-0.2, -0.15) is 5.26 Å². The van der Waals surface area contributed by atoms with Crippen molar-refractivity contribution in [1.82, 2.24) is 0 Å². The minimum absolute atomic E-state index is 0.00507. The van der Waals surface area contributed by atoms with Gasteiger partial charge in [0.1, 0.15) is 17.6 Å². The van der Waals surface area contributed by atoms with Crippen LogP contribution in [0.15, 0.2) is 30.3 Å². The van der Waals surface area contributed by atoms with Crippen LogP contribution in [0, 0.1) is 23.0 Å². The van der Waals surface area contributed by atoms with Crippen molar-refractivity contribution in [3.8, 4) is 6.07 Å². The van der Waals surface area contributed by atoms with E-state index in [4.69, 9.17) is 16.9 Å². The highest BCUT2D eigenvalue weighted by atomic mass is 35.5. The fourth-order valence-electron chi connectivity index (χ4n) is 1.62. The van der Waals surface area contributed by atoms with Gasteiger partial charge < -0.3 is 0 Å². The number of halogens is 3. The van der Waals surface area contributed by atoms with Crippen molar-refractivity contribution in [2.24, 2.45) is 0 Å². The van der Waals surface area contributed by atoms with Gasteiger partial charge in [0.15, 0.2) is 5.78 Å². The predicted molar refractivity (Wildman–Crippen MR) is 68.4 cm³/mol. The maximum atomic E-state index is 13.1. The van der Waals surface area contributed by atoms with E-state index in [1.807, 2.05) is 0 Å². The Morgan fingerprint density at radius 3 is 2.37 bits per heavy atom. The molecule has 0 spiro atoms. The third-order valence-corrected chi connectivity index (χ3v) is 3.67. The average Bonchev–Trinajstić information content (AvgIpc) is 2.75. The van der Waals surface area contributed by atoms with Gasteiger partial charge in [-0.3, -0.25) is 4.79 Å². The fourth-order valence-corrected chi connectivity index (χ4v) is 2.63. The number of nitriles is 1. The molecule has 1 unspecified atom stereocenters. The van der Waals surface area contributed by atoms with E-state index in [1.165, 1.54) is 12.1 Å². The number of carbonyl (C=O) groups excluding carboxylic acids is 1. The molecule has 0 aliphatic heterocycles.